The molecule has 0 aliphatic carbocycles. The number of carbonyl (C=O) groups is 7. The standard InChI is InChI=1S/C57H104N8O25/c1-37(69)65-51-55(81)54(80)42(33-68)90-56(51)87-25-7-4-13-45(74)61-19-10-22-64-48(77)16-28-84-36-57(58,34-82-26-14-46(75)62-20-8-17-59-43(72)11-2-5-23-85-49-29-38(70)52(78)40(31-66)88-49)35-83-27-15-47(76)63-21-9-18-60-44(73)12-3-6-24-86-50-30-39(71)53(79)41(32-67)89-50/h38-42,49-56,66-68,70-71,78-81H,2-36,58H2,1H3,(H,59,72)(H,60,73)(H,61,74)(H,62,75)(H,63,76)(H,64,77)(H,65,69)/t38-,39-,40-,41-,42-,49-,50-,51-,52-,53-,54+,55-,56-/m1/s1. The van der Waals surface area contributed by atoms with Crippen molar-refractivity contribution in [2.24, 2.45) is 5.73 Å². The SMILES string of the molecule is CC(=O)N[C@H]1[C@H](OCCCCC(=O)NCCCNC(=O)CCOCC(N)(COCCC(=O)NCCCNC(=O)CCCCO[C@H]2C[C@@H](O)[C@@H](O)[C@@H](CO)O2)COCCC(=O)NCCCNC(=O)CCCCO[C@H]2C[C@@H](O)[C@@H](O)[C@@H](CO)O2)O[C@H](CO)[C@H](O)[C@@H]1O. The van der Waals surface area contributed by atoms with Gasteiger partial charge in [-0.3, -0.25) is 33.6 Å². The molecule has 3 fully saturated rings. The van der Waals surface area contributed by atoms with E-state index >= 15 is 0 Å². The van der Waals surface area contributed by atoms with E-state index in [0.29, 0.717) is 90.5 Å². The summed E-state index contributed by atoms with van der Waals surface area (Å²) in [5.41, 5.74) is 5.41. The summed E-state index contributed by atoms with van der Waals surface area (Å²) in [6.45, 7) is 1.82. The van der Waals surface area contributed by atoms with Gasteiger partial charge in [-0.2, -0.15) is 0 Å². The van der Waals surface area contributed by atoms with Crippen LogP contribution < -0.4 is 43.0 Å². The Morgan fingerprint density at radius 2 is 0.744 bits per heavy atom. The molecule has 33 heteroatoms. The van der Waals surface area contributed by atoms with Crippen LogP contribution in [0.3, 0.4) is 0 Å². The summed E-state index contributed by atoms with van der Waals surface area (Å²) in [5, 5.41) is 107. The number of aliphatic hydroxyl groups excluding tert-OH is 9. The van der Waals surface area contributed by atoms with Crippen LogP contribution in [-0.4, -0.2) is 291 Å². The minimum absolute atomic E-state index is 0.00431. The lowest BCUT2D eigenvalue weighted by Gasteiger charge is -2.42. The first-order chi connectivity index (χ1) is 43.2. The summed E-state index contributed by atoms with van der Waals surface area (Å²) in [6, 6.07) is -1.07. The fourth-order valence-corrected chi connectivity index (χ4v) is 9.36. The molecule has 3 saturated heterocycles. The second-order valence-electron chi connectivity index (χ2n) is 22.5. The van der Waals surface area contributed by atoms with Gasteiger partial charge in [0.15, 0.2) is 18.9 Å². The molecule has 90 heavy (non-hydrogen) atoms. The molecular formula is C57H104N8O25. The molecule has 0 aromatic rings. The van der Waals surface area contributed by atoms with Crippen LogP contribution in [-0.2, 0) is 76.2 Å². The molecule has 0 aromatic carbocycles. The second kappa shape index (κ2) is 46.6. The Hall–Kier alpha value is -4.47. The molecule has 0 saturated carbocycles. The van der Waals surface area contributed by atoms with Crippen molar-refractivity contribution in [3.63, 3.8) is 0 Å². The van der Waals surface area contributed by atoms with Crippen LogP contribution in [0.2, 0.25) is 0 Å². The number of nitrogens with one attached hydrogen (secondary N) is 7. The Morgan fingerprint density at radius 1 is 0.422 bits per heavy atom. The predicted octanol–water partition coefficient (Wildman–Crippen LogP) is -6.07. The Labute approximate surface area is 525 Å². The maximum atomic E-state index is 12.6. The van der Waals surface area contributed by atoms with Gasteiger partial charge < -0.3 is 132 Å². The smallest absolute Gasteiger partial charge is 0.222 e. The normalized spacial score (nSPS) is 25.2. The predicted molar refractivity (Wildman–Crippen MR) is 315 cm³/mol. The fraction of sp³-hybridized carbons (Fsp3) is 0.877. The molecule has 0 bridgehead atoms. The Bertz CT molecular complexity index is 1960. The number of rotatable bonds is 49. The van der Waals surface area contributed by atoms with Crippen LogP contribution in [0.25, 0.3) is 0 Å². The second-order valence-corrected chi connectivity index (χ2v) is 22.5. The summed E-state index contributed by atoms with van der Waals surface area (Å²) in [4.78, 5) is 86.4. The molecule has 3 heterocycles. The van der Waals surface area contributed by atoms with Crippen LogP contribution in [0.1, 0.15) is 116 Å². The van der Waals surface area contributed by atoms with Gasteiger partial charge in [-0.05, 0) is 57.8 Å². The molecule has 0 aromatic heterocycles. The molecule has 33 nitrogen and oxygen atoms in total. The third kappa shape index (κ3) is 33.9. The van der Waals surface area contributed by atoms with E-state index in [4.69, 9.17) is 48.4 Å². The summed E-state index contributed by atoms with van der Waals surface area (Å²) >= 11 is 0. The Balaban J connectivity index is 1.30. The minimum Gasteiger partial charge on any atom is -0.394 e. The van der Waals surface area contributed by atoms with Gasteiger partial charge in [-0.15, -0.1) is 0 Å². The largest absolute Gasteiger partial charge is 0.394 e. The van der Waals surface area contributed by atoms with Crippen LogP contribution in [0.4, 0.5) is 0 Å². The van der Waals surface area contributed by atoms with E-state index in [9.17, 15) is 79.5 Å². The number of ether oxygens (including phenoxy) is 9. The zero-order valence-electron chi connectivity index (χ0n) is 51.9. The average molecular weight is 1300 g/mol. The number of amides is 7. The van der Waals surface area contributed by atoms with Crippen molar-refractivity contribution in [3.8, 4) is 0 Å². The van der Waals surface area contributed by atoms with E-state index in [-0.39, 0.29) is 153 Å². The maximum Gasteiger partial charge on any atom is 0.222 e. The lowest BCUT2D eigenvalue weighted by molar-refractivity contribution is -0.270. The zero-order chi connectivity index (χ0) is 66.1. The van der Waals surface area contributed by atoms with Crippen molar-refractivity contribution in [2.75, 3.05) is 119 Å². The van der Waals surface area contributed by atoms with Gasteiger partial charge in [-0.25, -0.2) is 0 Å². The average Bonchev–Trinajstić information content (AvgIpc) is 2.57. The first kappa shape index (κ1) is 79.8. The van der Waals surface area contributed by atoms with Gasteiger partial charge in [0, 0.05) is 117 Å². The van der Waals surface area contributed by atoms with Crippen molar-refractivity contribution < 1.29 is 122 Å². The van der Waals surface area contributed by atoms with Crippen LogP contribution in [0, 0.1) is 0 Å². The number of nitrogens with two attached hydrogens (primary N) is 1. The third-order valence-electron chi connectivity index (χ3n) is 14.5. The number of hydrogen-bond donors (Lipinski definition) is 17. The summed E-state index contributed by atoms with van der Waals surface area (Å²) in [6.07, 6.45) is -7.89. The quantitative estimate of drug-likeness (QED) is 0.0252. The molecule has 3 aliphatic rings. The molecular weight excluding hydrogens is 1200 g/mol. The van der Waals surface area contributed by atoms with E-state index in [1.807, 2.05) is 0 Å². The lowest BCUT2D eigenvalue weighted by Crippen LogP contribution is -2.64. The first-order valence-electron chi connectivity index (χ1n) is 31.3. The zero-order valence-corrected chi connectivity index (χ0v) is 51.9. The molecule has 0 radical (unpaired) electrons. The van der Waals surface area contributed by atoms with Crippen LogP contribution >= 0.6 is 0 Å². The maximum absolute atomic E-state index is 12.6. The van der Waals surface area contributed by atoms with Crippen molar-refractivity contribution in [1.82, 2.24) is 37.2 Å². The minimum atomic E-state index is -1.43. The van der Waals surface area contributed by atoms with Gasteiger partial charge in [0.25, 0.3) is 0 Å². The van der Waals surface area contributed by atoms with Gasteiger partial charge in [0.1, 0.15) is 48.8 Å². The van der Waals surface area contributed by atoms with E-state index in [1.165, 1.54) is 6.92 Å². The monoisotopic (exact) mass is 1300 g/mol. The van der Waals surface area contributed by atoms with Crippen molar-refractivity contribution in [1.29, 1.82) is 0 Å². The number of carbonyl (C=O) groups excluding carboxylic acids is 7. The number of unbranched alkanes of at least 4 members (excludes halogenated alkanes) is 3. The van der Waals surface area contributed by atoms with Crippen molar-refractivity contribution in [3.05, 3.63) is 0 Å². The number of aliphatic hydroxyl groups is 9. The van der Waals surface area contributed by atoms with Crippen LogP contribution in [0.5, 0.6) is 0 Å². The van der Waals surface area contributed by atoms with E-state index in [2.05, 4.69) is 37.2 Å². The molecule has 0 spiro atoms. The van der Waals surface area contributed by atoms with Gasteiger partial charge in [-0.1, -0.05) is 0 Å². The highest BCUT2D eigenvalue weighted by Crippen LogP contribution is 2.24. The van der Waals surface area contributed by atoms with E-state index in [0.717, 1.165) is 0 Å². The highest BCUT2D eigenvalue weighted by molar-refractivity contribution is 5.78. The Morgan fingerprint density at radius 3 is 1.08 bits per heavy atom. The molecule has 3 rings (SSSR count). The van der Waals surface area contributed by atoms with E-state index in [1.54, 1.807) is 0 Å². The Kier molecular flexibility index (Phi) is 41.3. The van der Waals surface area contributed by atoms with Crippen molar-refractivity contribution in [2.45, 2.75) is 201 Å². The molecule has 0 unspecified atom stereocenters. The highest BCUT2D eigenvalue weighted by atomic mass is 16.7. The first-order valence-corrected chi connectivity index (χ1v) is 31.3. The van der Waals surface area contributed by atoms with E-state index < -0.39 is 111 Å². The molecule has 18 N–H and O–H groups in total. The molecule has 7 amide bonds. The van der Waals surface area contributed by atoms with Gasteiger partial charge in [0.05, 0.1) is 77.2 Å². The van der Waals surface area contributed by atoms with Crippen molar-refractivity contribution >= 4 is 41.4 Å². The summed E-state index contributed by atoms with van der Waals surface area (Å²) < 4.78 is 50.6. The third-order valence-corrected chi connectivity index (χ3v) is 14.5. The fourth-order valence-electron chi connectivity index (χ4n) is 9.36. The summed E-state index contributed by atoms with van der Waals surface area (Å²) in [7, 11) is 0. The topological polar surface area (TPSA) is 495 Å². The van der Waals surface area contributed by atoms with Gasteiger partial charge in [0.2, 0.25) is 41.4 Å². The number of hydrogen-bond acceptors (Lipinski definition) is 26. The molecule has 13 atom stereocenters. The lowest BCUT2D eigenvalue weighted by atomic mass is 9.97. The summed E-state index contributed by atoms with van der Waals surface area (Å²) in [5.74, 6) is -1.93. The molecule has 3 aliphatic heterocycles. The molecule has 522 valence electrons. The van der Waals surface area contributed by atoms with Gasteiger partial charge >= 0.3 is 0 Å². The highest BCUT2D eigenvalue weighted by Gasteiger charge is 2.45. The van der Waals surface area contributed by atoms with Crippen LogP contribution in [0.15, 0.2) is 0 Å².